The zero-order chi connectivity index (χ0) is 14.7. The molecule has 3 nitrogen and oxygen atoms in total. The van der Waals surface area contributed by atoms with Crippen LogP contribution in [-0.4, -0.2) is 4.92 Å². The van der Waals surface area contributed by atoms with Crippen LogP contribution < -0.4 is 0 Å². The molecule has 0 N–H and O–H groups in total. The van der Waals surface area contributed by atoms with Gasteiger partial charge in [-0.3, -0.25) is 10.1 Å². The van der Waals surface area contributed by atoms with Gasteiger partial charge in [0.15, 0.2) is 0 Å². The average Bonchev–Trinajstić information content (AvgIpc) is 3.03. The molecule has 2 aromatic carbocycles. The number of allylic oxidation sites excluding steroid dienone is 5. The summed E-state index contributed by atoms with van der Waals surface area (Å²) in [6.07, 6.45) is 8.07. The fraction of sp³-hybridized carbons (Fsp3) is 0. The van der Waals surface area contributed by atoms with E-state index >= 15 is 0 Å². The summed E-state index contributed by atoms with van der Waals surface area (Å²) in [6, 6.07) is 16.7. The molecule has 0 fully saturated rings. The fourth-order valence-corrected chi connectivity index (χ4v) is 2.40. The third-order valence-corrected chi connectivity index (χ3v) is 3.38. The summed E-state index contributed by atoms with van der Waals surface area (Å²) in [5.74, 6) is 0. The van der Waals surface area contributed by atoms with Gasteiger partial charge in [-0.05, 0) is 34.4 Å². The van der Waals surface area contributed by atoms with E-state index in [9.17, 15) is 10.1 Å². The molecule has 0 bridgehead atoms. The molecule has 3 heteroatoms. The van der Waals surface area contributed by atoms with Gasteiger partial charge in [0.1, 0.15) is 0 Å². The number of rotatable bonds is 3. The van der Waals surface area contributed by atoms with Gasteiger partial charge in [0.05, 0.1) is 4.92 Å². The smallest absolute Gasteiger partial charge is 0.258 e. The maximum atomic E-state index is 10.8. The van der Waals surface area contributed by atoms with Gasteiger partial charge in [0.25, 0.3) is 5.69 Å². The van der Waals surface area contributed by atoms with Crippen molar-refractivity contribution in [3.8, 4) is 0 Å². The van der Waals surface area contributed by atoms with E-state index in [1.54, 1.807) is 24.3 Å². The highest BCUT2D eigenvalue weighted by molar-refractivity contribution is 5.86. The standard InChI is InChI=1S/C18H13NO2/c20-19(21)17-12-10-16(11-13-17)18(15-8-4-5-9-15)14-6-2-1-3-7-14/h1-13H. The van der Waals surface area contributed by atoms with E-state index in [2.05, 4.69) is 0 Å². The molecule has 0 atom stereocenters. The van der Waals surface area contributed by atoms with Crippen LogP contribution in [0.25, 0.3) is 5.57 Å². The molecule has 0 radical (unpaired) electrons. The Hall–Kier alpha value is -2.94. The third kappa shape index (κ3) is 2.67. The molecule has 0 saturated carbocycles. The number of nitro benzene ring substituents is 1. The van der Waals surface area contributed by atoms with Gasteiger partial charge in [-0.1, -0.05) is 54.6 Å². The molecule has 0 heterocycles. The largest absolute Gasteiger partial charge is 0.269 e. The second-order valence-corrected chi connectivity index (χ2v) is 4.72. The first-order valence-corrected chi connectivity index (χ1v) is 6.65. The van der Waals surface area contributed by atoms with E-state index in [1.165, 1.54) is 0 Å². The van der Waals surface area contributed by atoms with E-state index in [4.69, 9.17) is 0 Å². The Morgan fingerprint density at radius 2 is 1.38 bits per heavy atom. The van der Waals surface area contributed by atoms with Crippen molar-refractivity contribution in [1.29, 1.82) is 0 Å². The predicted molar refractivity (Wildman–Crippen MR) is 83.8 cm³/mol. The molecule has 0 aromatic heterocycles. The van der Waals surface area contributed by atoms with Gasteiger partial charge in [0, 0.05) is 12.1 Å². The minimum Gasteiger partial charge on any atom is -0.258 e. The Bertz CT molecular complexity index is 740. The van der Waals surface area contributed by atoms with Crippen LogP contribution in [0.1, 0.15) is 11.1 Å². The van der Waals surface area contributed by atoms with Crippen LogP contribution in [0.4, 0.5) is 5.69 Å². The number of non-ortho nitro benzene ring substituents is 1. The lowest BCUT2D eigenvalue weighted by Crippen LogP contribution is -1.93. The van der Waals surface area contributed by atoms with E-state index in [0.29, 0.717) is 0 Å². The van der Waals surface area contributed by atoms with Crippen LogP contribution in [-0.2, 0) is 0 Å². The lowest BCUT2D eigenvalue weighted by molar-refractivity contribution is -0.384. The Morgan fingerprint density at radius 3 is 1.95 bits per heavy atom. The summed E-state index contributed by atoms with van der Waals surface area (Å²) in [7, 11) is 0. The zero-order valence-electron chi connectivity index (χ0n) is 11.3. The number of nitrogens with zero attached hydrogens (tertiary/aromatic N) is 1. The van der Waals surface area contributed by atoms with Crippen LogP contribution in [0.2, 0.25) is 0 Å². The number of hydrogen-bond donors (Lipinski definition) is 0. The minimum absolute atomic E-state index is 0.105. The molecule has 0 unspecified atom stereocenters. The molecule has 0 amide bonds. The van der Waals surface area contributed by atoms with E-state index < -0.39 is 0 Å². The summed E-state index contributed by atoms with van der Waals surface area (Å²) in [5, 5.41) is 10.8. The average molecular weight is 275 g/mol. The van der Waals surface area contributed by atoms with Crippen molar-refractivity contribution >= 4 is 11.3 Å². The molecule has 0 spiro atoms. The van der Waals surface area contributed by atoms with Crippen molar-refractivity contribution in [2.45, 2.75) is 0 Å². The number of hydrogen-bond acceptors (Lipinski definition) is 2. The second-order valence-electron chi connectivity index (χ2n) is 4.72. The normalized spacial score (nSPS) is 12.7. The zero-order valence-corrected chi connectivity index (χ0v) is 11.3. The highest BCUT2D eigenvalue weighted by Crippen LogP contribution is 2.30. The van der Waals surface area contributed by atoms with E-state index in [-0.39, 0.29) is 10.6 Å². The summed E-state index contributed by atoms with van der Waals surface area (Å²) >= 11 is 0. The molecule has 0 aliphatic heterocycles. The van der Waals surface area contributed by atoms with Crippen LogP contribution >= 0.6 is 0 Å². The van der Waals surface area contributed by atoms with Gasteiger partial charge in [0.2, 0.25) is 0 Å². The van der Waals surface area contributed by atoms with Crippen molar-refractivity contribution in [1.82, 2.24) is 0 Å². The van der Waals surface area contributed by atoms with E-state index in [1.807, 2.05) is 54.6 Å². The molecular formula is C18H13NO2. The van der Waals surface area contributed by atoms with E-state index in [0.717, 1.165) is 22.3 Å². The molecule has 1 aliphatic carbocycles. The fourth-order valence-electron chi connectivity index (χ4n) is 2.40. The summed E-state index contributed by atoms with van der Waals surface area (Å²) in [5.41, 5.74) is 4.36. The quantitative estimate of drug-likeness (QED) is 0.610. The lowest BCUT2D eigenvalue weighted by Gasteiger charge is -2.11. The van der Waals surface area contributed by atoms with Crippen LogP contribution in [0, 0.1) is 10.1 Å². The topological polar surface area (TPSA) is 43.1 Å². The predicted octanol–water partition coefficient (Wildman–Crippen LogP) is 4.52. The van der Waals surface area contributed by atoms with Gasteiger partial charge in [-0.25, -0.2) is 0 Å². The Labute approximate surface area is 122 Å². The van der Waals surface area contributed by atoms with Crippen LogP contribution in [0.15, 0.2) is 84.5 Å². The maximum Gasteiger partial charge on any atom is 0.269 e. The SMILES string of the molecule is O=[N+]([O-])c1ccc(C(=C2C=CC=C2)c2ccccc2)cc1. The molecule has 0 saturated heterocycles. The number of benzene rings is 2. The van der Waals surface area contributed by atoms with Crippen molar-refractivity contribution in [2.75, 3.05) is 0 Å². The summed E-state index contributed by atoms with van der Waals surface area (Å²) < 4.78 is 0. The maximum absolute atomic E-state index is 10.8. The first kappa shape index (κ1) is 13.1. The van der Waals surface area contributed by atoms with Crippen LogP contribution in [0.5, 0.6) is 0 Å². The number of nitro groups is 1. The Kier molecular flexibility index (Phi) is 3.48. The second kappa shape index (κ2) is 5.59. The van der Waals surface area contributed by atoms with Gasteiger partial charge in [-0.2, -0.15) is 0 Å². The Morgan fingerprint density at radius 1 is 0.810 bits per heavy atom. The highest BCUT2D eigenvalue weighted by atomic mass is 16.6. The van der Waals surface area contributed by atoms with Gasteiger partial charge < -0.3 is 0 Å². The van der Waals surface area contributed by atoms with Crippen molar-refractivity contribution < 1.29 is 4.92 Å². The van der Waals surface area contributed by atoms with Crippen molar-refractivity contribution in [3.63, 3.8) is 0 Å². The molecule has 1 aliphatic rings. The lowest BCUT2D eigenvalue weighted by atomic mass is 9.93. The van der Waals surface area contributed by atoms with Crippen molar-refractivity contribution in [2.24, 2.45) is 0 Å². The molecule has 102 valence electrons. The van der Waals surface area contributed by atoms with Crippen LogP contribution in [0.3, 0.4) is 0 Å². The highest BCUT2D eigenvalue weighted by Gasteiger charge is 2.12. The summed E-state index contributed by atoms with van der Waals surface area (Å²) in [4.78, 5) is 10.4. The Balaban J connectivity index is 2.13. The first-order chi connectivity index (χ1) is 10.3. The molecule has 3 rings (SSSR count). The first-order valence-electron chi connectivity index (χ1n) is 6.65. The monoisotopic (exact) mass is 275 g/mol. The van der Waals surface area contributed by atoms with Crippen molar-refractivity contribution in [3.05, 3.63) is 106 Å². The van der Waals surface area contributed by atoms with Gasteiger partial charge >= 0.3 is 0 Å². The van der Waals surface area contributed by atoms with Gasteiger partial charge in [-0.15, -0.1) is 0 Å². The molecule has 21 heavy (non-hydrogen) atoms. The molecule has 2 aromatic rings. The third-order valence-electron chi connectivity index (χ3n) is 3.38. The molecular weight excluding hydrogens is 262 g/mol. The minimum atomic E-state index is -0.380. The summed E-state index contributed by atoms with van der Waals surface area (Å²) in [6.45, 7) is 0.